The molecule has 31 heavy (non-hydrogen) atoms. The van der Waals surface area contributed by atoms with Crippen molar-refractivity contribution in [2.45, 2.75) is 129 Å². The molecule has 0 amide bonds. The summed E-state index contributed by atoms with van der Waals surface area (Å²) in [5, 5.41) is 19.1. The Morgan fingerprint density at radius 3 is 1.23 bits per heavy atom. The van der Waals surface area contributed by atoms with Crippen LogP contribution in [0.5, 0.6) is 0 Å². The molecule has 0 aliphatic carbocycles. The van der Waals surface area contributed by atoms with Crippen LogP contribution in [0.25, 0.3) is 0 Å². The van der Waals surface area contributed by atoms with Crippen molar-refractivity contribution in [1.82, 2.24) is 0 Å². The van der Waals surface area contributed by atoms with Gasteiger partial charge in [0.05, 0.1) is 26.3 Å². The molecule has 0 unspecified atom stereocenters. The number of nitrogens with zero attached hydrogens (tertiary/aromatic N) is 1. The van der Waals surface area contributed by atoms with E-state index in [1.165, 1.54) is 116 Å². The van der Waals surface area contributed by atoms with Gasteiger partial charge in [0.1, 0.15) is 13.1 Å². The Kier molecular flexibility index (Phi) is 24.0. The fourth-order valence-electron chi connectivity index (χ4n) is 4.66. The minimum Gasteiger partial charge on any atom is -0.391 e. The van der Waals surface area contributed by atoms with E-state index in [0.29, 0.717) is 0 Å². The van der Waals surface area contributed by atoms with Gasteiger partial charge in [-0.2, -0.15) is 0 Å². The first-order valence-corrected chi connectivity index (χ1v) is 14.0. The minimum absolute atomic E-state index is 0.236. The lowest BCUT2D eigenvalue weighted by molar-refractivity contribution is -0.929. The largest absolute Gasteiger partial charge is 0.391 e. The van der Waals surface area contributed by atoms with Crippen molar-refractivity contribution in [3.63, 3.8) is 0 Å². The van der Waals surface area contributed by atoms with Crippen LogP contribution >= 0.6 is 0 Å². The second-order valence-corrected chi connectivity index (χ2v) is 9.68. The first-order valence-electron chi connectivity index (χ1n) is 14.0. The van der Waals surface area contributed by atoms with Gasteiger partial charge in [0.25, 0.3) is 0 Å². The maximum Gasteiger partial charge on any atom is 0.102 e. The van der Waals surface area contributed by atoms with E-state index in [1.54, 1.807) is 0 Å². The van der Waals surface area contributed by atoms with Gasteiger partial charge < -0.3 is 14.7 Å². The molecule has 0 fully saturated rings. The van der Waals surface area contributed by atoms with Gasteiger partial charge in [-0.05, 0) is 51.4 Å². The van der Waals surface area contributed by atoms with E-state index < -0.39 is 0 Å². The maximum atomic E-state index is 9.56. The fourth-order valence-corrected chi connectivity index (χ4v) is 4.66. The standard InChI is InChI=1S/C28H58NO2/c1-3-5-7-9-10-11-12-13-14-15-16-17-18-19-20-22-24-29(25-27-30,26-28-31)23-21-8-6-4-2/h13-14,30-31H,3-12,15-28H2,1-2H3/q+1/b14-13-. The van der Waals surface area contributed by atoms with Gasteiger partial charge in [-0.15, -0.1) is 0 Å². The van der Waals surface area contributed by atoms with E-state index in [-0.39, 0.29) is 13.2 Å². The van der Waals surface area contributed by atoms with Crippen LogP contribution in [0.15, 0.2) is 12.2 Å². The fraction of sp³-hybridized carbons (Fsp3) is 0.929. The van der Waals surface area contributed by atoms with Crippen molar-refractivity contribution < 1.29 is 14.7 Å². The van der Waals surface area contributed by atoms with Gasteiger partial charge in [0, 0.05) is 0 Å². The van der Waals surface area contributed by atoms with Gasteiger partial charge in [0.15, 0.2) is 0 Å². The van der Waals surface area contributed by atoms with Gasteiger partial charge in [-0.25, -0.2) is 0 Å². The predicted octanol–water partition coefficient (Wildman–Crippen LogP) is 7.41. The predicted molar refractivity (Wildman–Crippen MR) is 137 cm³/mol. The van der Waals surface area contributed by atoms with Crippen molar-refractivity contribution >= 4 is 0 Å². The van der Waals surface area contributed by atoms with Gasteiger partial charge >= 0.3 is 0 Å². The van der Waals surface area contributed by atoms with Gasteiger partial charge in [0.2, 0.25) is 0 Å². The number of quaternary nitrogens is 1. The number of allylic oxidation sites excluding steroid dienone is 2. The van der Waals surface area contributed by atoms with E-state index in [4.69, 9.17) is 0 Å². The molecule has 0 aromatic carbocycles. The summed E-state index contributed by atoms with van der Waals surface area (Å²) < 4.78 is 0.917. The summed E-state index contributed by atoms with van der Waals surface area (Å²) in [4.78, 5) is 0. The third-order valence-corrected chi connectivity index (χ3v) is 6.78. The topological polar surface area (TPSA) is 40.5 Å². The summed E-state index contributed by atoms with van der Waals surface area (Å²) in [7, 11) is 0. The van der Waals surface area contributed by atoms with Crippen LogP contribution in [-0.2, 0) is 0 Å². The molecule has 0 rings (SSSR count). The molecule has 0 aliphatic heterocycles. The van der Waals surface area contributed by atoms with Gasteiger partial charge in [-0.1, -0.05) is 90.2 Å². The van der Waals surface area contributed by atoms with Crippen molar-refractivity contribution in [2.75, 3.05) is 39.4 Å². The van der Waals surface area contributed by atoms with Crippen molar-refractivity contribution in [1.29, 1.82) is 0 Å². The second kappa shape index (κ2) is 24.3. The monoisotopic (exact) mass is 440 g/mol. The average molecular weight is 441 g/mol. The summed E-state index contributed by atoms with van der Waals surface area (Å²) in [5.41, 5.74) is 0. The van der Waals surface area contributed by atoms with Crippen LogP contribution < -0.4 is 0 Å². The normalized spacial score (nSPS) is 12.3. The molecule has 0 atom stereocenters. The molecule has 0 radical (unpaired) electrons. The van der Waals surface area contributed by atoms with E-state index in [1.807, 2.05) is 0 Å². The molecule has 3 heteroatoms. The lowest BCUT2D eigenvalue weighted by Crippen LogP contribution is -2.52. The summed E-state index contributed by atoms with van der Waals surface area (Å²) >= 11 is 0. The van der Waals surface area contributed by atoms with Crippen molar-refractivity contribution in [3.05, 3.63) is 12.2 Å². The Labute approximate surface area is 195 Å². The minimum atomic E-state index is 0.236. The summed E-state index contributed by atoms with van der Waals surface area (Å²) in [6.45, 7) is 8.84. The highest BCUT2D eigenvalue weighted by Gasteiger charge is 2.25. The zero-order valence-electron chi connectivity index (χ0n) is 21.5. The highest BCUT2D eigenvalue weighted by molar-refractivity contribution is 4.81. The molecule has 0 saturated heterocycles. The number of hydrogen-bond donors (Lipinski definition) is 2. The molecule has 0 aromatic heterocycles. The molecule has 0 heterocycles. The zero-order chi connectivity index (χ0) is 22.9. The van der Waals surface area contributed by atoms with Crippen LogP contribution in [-0.4, -0.2) is 54.1 Å². The molecule has 3 nitrogen and oxygen atoms in total. The van der Waals surface area contributed by atoms with E-state index >= 15 is 0 Å². The highest BCUT2D eigenvalue weighted by atomic mass is 16.3. The number of unbranched alkanes of at least 4 members (excludes halogenated alkanes) is 15. The number of rotatable bonds is 25. The molecule has 0 spiro atoms. The third-order valence-electron chi connectivity index (χ3n) is 6.78. The highest BCUT2D eigenvalue weighted by Crippen LogP contribution is 2.15. The third kappa shape index (κ3) is 20.0. The molecule has 186 valence electrons. The van der Waals surface area contributed by atoms with Crippen LogP contribution in [0, 0.1) is 0 Å². The summed E-state index contributed by atoms with van der Waals surface area (Å²) in [5.74, 6) is 0. The lowest BCUT2D eigenvalue weighted by Gasteiger charge is -2.38. The second-order valence-electron chi connectivity index (χ2n) is 9.68. The Morgan fingerprint density at radius 2 is 0.806 bits per heavy atom. The van der Waals surface area contributed by atoms with Crippen molar-refractivity contribution in [2.24, 2.45) is 0 Å². The van der Waals surface area contributed by atoms with Crippen LogP contribution in [0.4, 0.5) is 0 Å². The van der Waals surface area contributed by atoms with Crippen molar-refractivity contribution in [3.8, 4) is 0 Å². The first kappa shape index (κ1) is 30.6. The molecule has 0 aromatic rings. The Hall–Kier alpha value is -0.380. The Bertz CT molecular complexity index is 364. The SMILES string of the molecule is CCCCCCCC/C=C\CCCCCCCC[N+](CCO)(CCO)CCCCCC. The Balaban J connectivity index is 3.74. The Morgan fingerprint density at radius 1 is 0.452 bits per heavy atom. The molecule has 0 aliphatic rings. The molecule has 2 N–H and O–H groups in total. The van der Waals surface area contributed by atoms with Crippen LogP contribution in [0.2, 0.25) is 0 Å². The summed E-state index contributed by atoms with van der Waals surface area (Å²) in [6.07, 6.45) is 28.6. The van der Waals surface area contributed by atoms with E-state index in [9.17, 15) is 10.2 Å². The average Bonchev–Trinajstić information content (AvgIpc) is 2.77. The van der Waals surface area contributed by atoms with E-state index in [0.717, 1.165) is 30.7 Å². The lowest BCUT2D eigenvalue weighted by atomic mass is 10.1. The van der Waals surface area contributed by atoms with E-state index in [2.05, 4.69) is 26.0 Å². The number of aliphatic hydroxyl groups excluding tert-OH is 2. The smallest absolute Gasteiger partial charge is 0.102 e. The molecule has 0 saturated carbocycles. The molecular formula is C28H58NO2+. The first-order chi connectivity index (χ1) is 15.2. The quantitative estimate of drug-likeness (QED) is 0.0881. The zero-order valence-corrected chi connectivity index (χ0v) is 21.5. The number of aliphatic hydroxyl groups is 2. The van der Waals surface area contributed by atoms with Crippen LogP contribution in [0.1, 0.15) is 129 Å². The maximum absolute atomic E-state index is 9.56. The molecular weight excluding hydrogens is 382 g/mol. The summed E-state index contributed by atoms with van der Waals surface area (Å²) in [6, 6.07) is 0. The number of hydrogen-bond acceptors (Lipinski definition) is 2. The van der Waals surface area contributed by atoms with Crippen LogP contribution in [0.3, 0.4) is 0 Å². The molecule has 0 bridgehead atoms. The van der Waals surface area contributed by atoms with Gasteiger partial charge in [-0.3, -0.25) is 0 Å².